The molecule has 0 spiro atoms. The Labute approximate surface area is 214 Å². The second-order valence-electron chi connectivity index (χ2n) is 9.34. The molecule has 0 aliphatic heterocycles. The summed E-state index contributed by atoms with van der Waals surface area (Å²) in [5.74, 6) is 0.707. The Bertz CT molecular complexity index is 1310. The Balaban J connectivity index is 1.68. The summed E-state index contributed by atoms with van der Waals surface area (Å²) < 4.78 is 0. The first-order chi connectivity index (χ1) is 17.4. The Hall–Kier alpha value is -4.18. The summed E-state index contributed by atoms with van der Waals surface area (Å²) in [6, 6.07) is 34.0. The molecule has 0 aliphatic rings. The Morgan fingerprint density at radius 2 is 1.28 bits per heavy atom. The number of aryl methyl sites for hydroxylation is 3. The lowest BCUT2D eigenvalue weighted by molar-refractivity contribution is 0.0985. The first kappa shape index (κ1) is 24.9. The normalized spacial score (nSPS) is 12.2. The van der Waals surface area contributed by atoms with Gasteiger partial charge in [0.1, 0.15) is 5.84 Å². The van der Waals surface area contributed by atoms with Gasteiger partial charge in [0.05, 0.1) is 5.69 Å². The van der Waals surface area contributed by atoms with Crippen LogP contribution in [0.2, 0.25) is 0 Å². The topological polar surface area (TPSA) is 44.7 Å². The highest BCUT2D eigenvalue weighted by Crippen LogP contribution is 2.23. The van der Waals surface area contributed by atoms with Crippen molar-refractivity contribution in [3.63, 3.8) is 0 Å². The van der Waals surface area contributed by atoms with Crippen LogP contribution in [0.25, 0.3) is 0 Å². The number of hydrogen-bond acceptors (Lipinski definition) is 2. The lowest BCUT2D eigenvalue weighted by Crippen LogP contribution is -2.38. The maximum Gasteiger partial charge on any atom is 0.258 e. The molecule has 0 aromatic heterocycles. The van der Waals surface area contributed by atoms with Crippen molar-refractivity contribution in [2.24, 2.45) is 10.9 Å². The molecule has 4 nitrogen and oxygen atoms in total. The Morgan fingerprint density at radius 3 is 1.86 bits per heavy atom. The van der Waals surface area contributed by atoms with Crippen LogP contribution in [0.1, 0.15) is 34.0 Å². The molecule has 1 unspecified atom stereocenters. The average Bonchev–Trinajstić information content (AvgIpc) is 2.90. The molecule has 182 valence electrons. The van der Waals surface area contributed by atoms with E-state index >= 15 is 0 Å². The highest BCUT2D eigenvalue weighted by atomic mass is 16.2. The standard InChI is InChI=1S/C32H33N3O/c1-23-10-16-28(17-11-23)33-31(34-29-18-12-24(2)13-19-29)26(4)22-35(30-20-14-25(3)15-21-30)32(36)27-8-6-5-7-9-27/h5-21,26H,22H2,1-4H3,(H,33,34). The van der Waals surface area contributed by atoms with Crippen LogP contribution < -0.4 is 10.2 Å². The smallest absolute Gasteiger partial charge is 0.258 e. The van der Waals surface area contributed by atoms with E-state index in [4.69, 9.17) is 4.99 Å². The minimum absolute atomic E-state index is 0.0312. The number of nitrogens with one attached hydrogen (secondary N) is 1. The first-order valence-corrected chi connectivity index (χ1v) is 12.3. The summed E-state index contributed by atoms with van der Waals surface area (Å²) in [7, 11) is 0. The third-order valence-corrected chi connectivity index (χ3v) is 6.14. The van der Waals surface area contributed by atoms with Gasteiger partial charge in [0.15, 0.2) is 0 Å². The molecule has 0 saturated carbocycles. The molecule has 4 rings (SSSR count). The third kappa shape index (κ3) is 6.48. The number of rotatable bonds is 7. The van der Waals surface area contributed by atoms with E-state index < -0.39 is 0 Å². The van der Waals surface area contributed by atoms with E-state index in [1.807, 2.05) is 78.6 Å². The molecule has 4 heteroatoms. The van der Waals surface area contributed by atoms with E-state index in [0.717, 1.165) is 28.5 Å². The minimum Gasteiger partial charge on any atom is -0.343 e. The molecule has 4 aromatic carbocycles. The van der Waals surface area contributed by atoms with E-state index in [1.165, 1.54) is 11.1 Å². The van der Waals surface area contributed by atoms with E-state index in [0.29, 0.717) is 12.1 Å². The second-order valence-corrected chi connectivity index (χ2v) is 9.34. The van der Waals surface area contributed by atoms with Crippen LogP contribution in [0.3, 0.4) is 0 Å². The van der Waals surface area contributed by atoms with Crippen LogP contribution in [0.4, 0.5) is 17.1 Å². The molecule has 1 atom stereocenters. The number of carbonyl (C=O) groups excluding carboxylic acids is 1. The van der Waals surface area contributed by atoms with Crippen LogP contribution in [-0.4, -0.2) is 18.3 Å². The van der Waals surface area contributed by atoms with Gasteiger partial charge in [0, 0.05) is 29.4 Å². The highest BCUT2D eigenvalue weighted by molar-refractivity contribution is 6.07. The predicted molar refractivity (Wildman–Crippen MR) is 152 cm³/mol. The summed E-state index contributed by atoms with van der Waals surface area (Å²) in [5, 5.41) is 3.53. The van der Waals surface area contributed by atoms with Gasteiger partial charge in [-0.05, 0) is 69.3 Å². The quantitative estimate of drug-likeness (QED) is 0.219. The molecule has 1 N–H and O–H groups in total. The maximum atomic E-state index is 13.6. The van der Waals surface area contributed by atoms with Crippen LogP contribution in [0, 0.1) is 26.7 Å². The van der Waals surface area contributed by atoms with Crippen LogP contribution >= 0.6 is 0 Å². The molecule has 0 aliphatic carbocycles. The van der Waals surface area contributed by atoms with Crippen molar-refractivity contribution < 1.29 is 4.79 Å². The minimum atomic E-state index is -0.0680. The lowest BCUT2D eigenvalue weighted by Gasteiger charge is -2.27. The number of aliphatic imine (C=N–C) groups is 1. The van der Waals surface area contributed by atoms with Gasteiger partial charge in [-0.2, -0.15) is 0 Å². The number of carbonyl (C=O) groups is 1. The summed E-state index contributed by atoms with van der Waals surface area (Å²) >= 11 is 0. The zero-order valence-corrected chi connectivity index (χ0v) is 21.4. The van der Waals surface area contributed by atoms with Crippen molar-refractivity contribution in [1.82, 2.24) is 0 Å². The average molecular weight is 476 g/mol. The number of amides is 1. The Kier molecular flexibility index (Phi) is 7.96. The van der Waals surface area contributed by atoms with Gasteiger partial charge in [-0.15, -0.1) is 0 Å². The van der Waals surface area contributed by atoms with Gasteiger partial charge in [0.2, 0.25) is 0 Å². The van der Waals surface area contributed by atoms with Gasteiger partial charge in [-0.25, -0.2) is 4.99 Å². The number of amidine groups is 1. The molecule has 1 amide bonds. The highest BCUT2D eigenvalue weighted by Gasteiger charge is 2.23. The fraction of sp³-hybridized carbons (Fsp3) is 0.188. The largest absolute Gasteiger partial charge is 0.343 e. The number of benzene rings is 4. The molecule has 0 saturated heterocycles. The maximum absolute atomic E-state index is 13.6. The lowest BCUT2D eigenvalue weighted by atomic mass is 10.1. The molecule has 4 aromatic rings. The molecule has 0 radical (unpaired) electrons. The van der Waals surface area contributed by atoms with Crippen molar-refractivity contribution in [1.29, 1.82) is 0 Å². The number of nitrogens with zero attached hydrogens (tertiary/aromatic N) is 2. The molecule has 36 heavy (non-hydrogen) atoms. The van der Waals surface area contributed by atoms with Crippen molar-refractivity contribution >= 4 is 28.8 Å². The Morgan fingerprint density at radius 1 is 0.750 bits per heavy atom. The zero-order valence-electron chi connectivity index (χ0n) is 21.4. The van der Waals surface area contributed by atoms with Gasteiger partial charge >= 0.3 is 0 Å². The number of anilines is 2. The van der Waals surface area contributed by atoms with Gasteiger partial charge in [0.25, 0.3) is 5.91 Å². The van der Waals surface area contributed by atoms with E-state index in [1.54, 1.807) is 0 Å². The van der Waals surface area contributed by atoms with Crippen LogP contribution in [-0.2, 0) is 0 Å². The van der Waals surface area contributed by atoms with E-state index in [-0.39, 0.29) is 11.8 Å². The summed E-state index contributed by atoms with van der Waals surface area (Å²) in [6.45, 7) is 8.76. The fourth-order valence-corrected chi connectivity index (χ4v) is 3.93. The molecular weight excluding hydrogens is 442 g/mol. The molecular formula is C32H33N3O. The van der Waals surface area contributed by atoms with Gasteiger partial charge in [-0.1, -0.05) is 78.2 Å². The predicted octanol–water partition coefficient (Wildman–Crippen LogP) is 7.74. The molecule has 0 fully saturated rings. The van der Waals surface area contributed by atoms with Crippen molar-refractivity contribution in [2.45, 2.75) is 27.7 Å². The molecule has 0 heterocycles. The van der Waals surface area contributed by atoms with Gasteiger partial charge < -0.3 is 10.2 Å². The van der Waals surface area contributed by atoms with Crippen molar-refractivity contribution in [3.8, 4) is 0 Å². The van der Waals surface area contributed by atoms with Gasteiger partial charge in [-0.3, -0.25) is 4.79 Å². The SMILES string of the molecule is Cc1ccc(N=C(Nc2ccc(C)cc2)C(C)CN(C(=O)c2ccccc2)c2ccc(C)cc2)cc1. The monoisotopic (exact) mass is 475 g/mol. The van der Waals surface area contributed by atoms with Crippen LogP contribution in [0.5, 0.6) is 0 Å². The van der Waals surface area contributed by atoms with Crippen LogP contribution in [0.15, 0.2) is 108 Å². The fourth-order valence-electron chi connectivity index (χ4n) is 3.93. The van der Waals surface area contributed by atoms with E-state index in [2.05, 4.69) is 62.5 Å². The first-order valence-electron chi connectivity index (χ1n) is 12.3. The van der Waals surface area contributed by atoms with E-state index in [9.17, 15) is 4.79 Å². The summed E-state index contributed by atoms with van der Waals surface area (Å²) in [4.78, 5) is 20.5. The summed E-state index contributed by atoms with van der Waals surface area (Å²) in [6.07, 6.45) is 0. The van der Waals surface area contributed by atoms with Crippen molar-refractivity contribution in [2.75, 3.05) is 16.8 Å². The third-order valence-electron chi connectivity index (χ3n) is 6.14. The number of hydrogen-bond donors (Lipinski definition) is 1. The van der Waals surface area contributed by atoms with Crippen molar-refractivity contribution in [3.05, 3.63) is 125 Å². The summed E-state index contributed by atoms with van der Waals surface area (Å²) in [5.41, 5.74) is 6.91. The molecule has 0 bridgehead atoms. The zero-order chi connectivity index (χ0) is 25.5. The second kappa shape index (κ2) is 11.5.